The van der Waals surface area contributed by atoms with Crippen LogP contribution in [-0.4, -0.2) is 27.0 Å². The molecule has 0 amide bonds. The van der Waals surface area contributed by atoms with Gasteiger partial charge in [0.25, 0.3) is 5.22 Å². The van der Waals surface area contributed by atoms with Crippen LogP contribution in [0.25, 0.3) is 0 Å². The molecule has 5 nitrogen and oxygen atoms in total. The molecule has 1 N–H and O–H groups in total. The van der Waals surface area contributed by atoms with E-state index in [2.05, 4.69) is 24.0 Å². The first-order chi connectivity index (χ1) is 6.58. The van der Waals surface area contributed by atoms with Crippen LogP contribution in [0.4, 0.5) is 0 Å². The number of aromatic nitrogens is 2. The molecule has 0 aliphatic heterocycles. The van der Waals surface area contributed by atoms with Gasteiger partial charge in [-0.05, 0) is 5.92 Å². The van der Waals surface area contributed by atoms with Crippen LogP contribution in [0.15, 0.2) is 9.75 Å². The van der Waals surface area contributed by atoms with Gasteiger partial charge in [0.05, 0.1) is 0 Å². The predicted octanol–water partition coefficient (Wildman–Crippen LogP) is 1.44. The van der Waals surface area contributed by atoms with Crippen molar-refractivity contribution in [2.45, 2.75) is 25.5 Å². The lowest BCUT2D eigenvalue weighted by molar-refractivity contribution is -0.133. The third kappa shape index (κ3) is 3.78. The van der Waals surface area contributed by atoms with Crippen LogP contribution in [-0.2, 0) is 11.2 Å². The van der Waals surface area contributed by atoms with Crippen molar-refractivity contribution in [3.63, 3.8) is 0 Å². The van der Waals surface area contributed by atoms with Crippen LogP contribution in [0.3, 0.4) is 0 Å². The Morgan fingerprint density at radius 3 is 2.93 bits per heavy atom. The average molecular weight is 216 g/mol. The van der Waals surface area contributed by atoms with E-state index >= 15 is 0 Å². The molecule has 78 valence electrons. The van der Waals surface area contributed by atoms with Crippen molar-refractivity contribution in [1.82, 2.24) is 10.1 Å². The smallest absolute Gasteiger partial charge is 0.314 e. The summed E-state index contributed by atoms with van der Waals surface area (Å²) in [7, 11) is 0. The number of carboxylic acid groups (broad SMARTS) is 1. The standard InChI is InChI=1S/C8H12N2O3S/c1-5(2)3-6-9-8(13-10-6)14-4-7(11)12/h5H,3-4H2,1-2H3,(H,11,12). The van der Waals surface area contributed by atoms with E-state index in [4.69, 9.17) is 9.63 Å². The maximum Gasteiger partial charge on any atom is 0.314 e. The number of carboxylic acids is 1. The van der Waals surface area contributed by atoms with Crippen molar-refractivity contribution in [3.05, 3.63) is 5.82 Å². The van der Waals surface area contributed by atoms with E-state index < -0.39 is 5.97 Å². The Morgan fingerprint density at radius 2 is 2.36 bits per heavy atom. The van der Waals surface area contributed by atoms with Crippen molar-refractivity contribution in [1.29, 1.82) is 0 Å². The van der Waals surface area contributed by atoms with Gasteiger partial charge >= 0.3 is 5.97 Å². The molecule has 0 saturated heterocycles. The van der Waals surface area contributed by atoms with E-state index in [1.165, 1.54) is 0 Å². The number of rotatable bonds is 5. The Kier molecular flexibility index (Phi) is 3.94. The molecular formula is C8H12N2O3S. The Balaban J connectivity index is 2.46. The molecule has 1 aromatic heterocycles. The highest BCUT2D eigenvalue weighted by Crippen LogP contribution is 2.15. The molecule has 0 atom stereocenters. The Hall–Kier alpha value is -1.04. The number of aliphatic carboxylic acids is 1. The highest BCUT2D eigenvalue weighted by Gasteiger charge is 2.09. The van der Waals surface area contributed by atoms with Crippen LogP contribution in [0.1, 0.15) is 19.7 Å². The minimum atomic E-state index is -0.890. The van der Waals surface area contributed by atoms with Gasteiger partial charge in [0.2, 0.25) is 0 Å². The lowest BCUT2D eigenvalue weighted by atomic mass is 10.1. The molecule has 0 bridgehead atoms. The van der Waals surface area contributed by atoms with E-state index in [0.29, 0.717) is 17.0 Å². The molecule has 0 aromatic carbocycles. The highest BCUT2D eigenvalue weighted by molar-refractivity contribution is 7.99. The molecular weight excluding hydrogens is 204 g/mol. The molecule has 0 unspecified atom stereocenters. The fourth-order valence-corrected chi connectivity index (χ4v) is 1.37. The zero-order valence-corrected chi connectivity index (χ0v) is 8.87. The highest BCUT2D eigenvalue weighted by atomic mass is 32.2. The van der Waals surface area contributed by atoms with Gasteiger partial charge in [0, 0.05) is 6.42 Å². The molecule has 1 heterocycles. The summed E-state index contributed by atoms with van der Waals surface area (Å²) >= 11 is 1.04. The van der Waals surface area contributed by atoms with Gasteiger partial charge in [0.15, 0.2) is 5.82 Å². The first-order valence-electron chi connectivity index (χ1n) is 4.25. The van der Waals surface area contributed by atoms with E-state index in [1.807, 2.05) is 0 Å². The summed E-state index contributed by atoms with van der Waals surface area (Å²) < 4.78 is 4.85. The second-order valence-electron chi connectivity index (χ2n) is 3.26. The Labute approximate surface area is 85.9 Å². The van der Waals surface area contributed by atoms with E-state index in [9.17, 15) is 4.79 Å². The summed E-state index contributed by atoms with van der Waals surface area (Å²) in [6.45, 7) is 4.11. The Morgan fingerprint density at radius 1 is 1.64 bits per heavy atom. The molecule has 0 aliphatic carbocycles. The van der Waals surface area contributed by atoms with Crippen molar-refractivity contribution >= 4 is 17.7 Å². The van der Waals surface area contributed by atoms with Gasteiger partial charge in [-0.1, -0.05) is 30.8 Å². The summed E-state index contributed by atoms with van der Waals surface area (Å²) in [4.78, 5) is 14.3. The lowest BCUT2D eigenvalue weighted by Gasteiger charge is -1.95. The van der Waals surface area contributed by atoms with E-state index in [1.54, 1.807) is 0 Å². The predicted molar refractivity (Wildman–Crippen MR) is 51.2 cm³/mol. The summed E-state index contributed by atoms with van der Waals surface area (Å²) in [6, 6.07) is 0. The molecule has 0 spiro atoms. The van der Waals surface area contributed by atoms with Crippen LogP contribution >= 0.6 is 11.8 Å². The molecule has 0 fully saturated rings. The minimum Gasteiger partial charge on any atom is -0.481 e. The number of nitrogens with zero attached hydrogens (tertiary/aromatic N) is 2. The van der Waals surface area contributed by atoms with Gasteiger partial charge in [-0.3, -0.25) is 4.79 Å². The van der Waals surface area contributed by atoms with Crippen molar-refractivity contribution in [3.8, 4) is 0 Å². The lowest BCUT2D eigenvalue weighted by Crippen LogP contribution is -1.98. The molecule has 14 heavy (non-hydrogen) atoms. The van der Waals surface area contributed by atoms with E-state index in [0.717, 1.165) is 18.2 Å². The summed E-state index contributed by atoms with van der Waals surface area (Å²) in [6.07, 6.45) is 0.747. The average Bonchev–Trinajstić information content (AvgIpc) is 2.47. The van der Waals surface area contributed by atoms with E-state index in [-0.39, 0.29) is 5.75 Å². The fourth-order valence-electron chi connectivity index (χ4n) is 0.868. The molecule has 1 aromatic rings. The first kappa shape index (κ1) is 11.0. The van der Waals surface area contributed by atoms with Crippen LogP contribution < -0.4 is 0 Å². The minimum absolute atomic E-state index is 0.0523. The Bertz CT molecular complexity index is 311. The quantitative estimate of drug-likeness (QED) is 0.750. The van der Waals surface area contributed by atoms with Gasteiger partial charge in [-0.25, -0.2) is 0 Å². The van der Waals surface area contributed by atoms with Gasteiger partial charge in [0.1, 0.15) is 5.75 Å². The molecule has 0 saturated carbocycles. The molecule has 0 aliphatic rings. The SMILES string of the molecule is CC(C)Cc1noc(SCC(=O)O)n1. The second-order valence-corrected chi connectivity index (χ2v) is 4.18. The fraction of sp³-hybridized carbons (Fsp3) is 0.625. The van der Waals surface area contributed by atoms with Crippen molar-refractivity contribution < 1.29 is 14.4 Å². The third-order valence-electron chi connectivity index (χ3n) is 1.36. The molecule has 1 rings (SSSR count). The van der Waals surface area contributed by atoms with Gasteiger partial charge in [-0.2, -0.15) is 4.98 Å². The number of hydrogen-bond donors (Lipinski definition) is 1. The molecule has 0 radical (unpaired) electrons. The zero-order chi connectivity index (χ0) is 10.6. The van der Waals surface area contributed by atoms with Gasteiger partial charge in [-0.15, -0.1) is 0 Å². The zero-order valence-electron chi connectivity index (χ0n) is 8.06. The topological polar surface area (TPSA) is 76.2 Å². The number of thioether (sulfide) groups is 1. The summed E-state index contributed by atoms with van der Waals surface area (Å²) in [5.41, 5.74) is 0. The largest absolute Gasteiger partial charge is 0.481 e. The summed E-state index contributed by atoms with van der Waals surface area (Å²) in [5, 5.41) is 12.5. The number of hydrogen-bond acceptors (Lipinski definition) is 5. The normalized spacial score (nSPS) is 10.8. The second kappa shape index (κ2) is 4.99. The van der Waals surface area contributed by atoms with Crippen molar-refractivity contribution in [2.75, 3.05) is 5.75 Å². The maximum atomic E-state index is 10.2. The molecule has 6 heteroatoms. The van der Waals surface area contributed by atoms with Gasteiger partial charge < -0.3 is 9.63 Å². The van der Waals surface area contributed by atoms with Crippen LogP contribution in [0.2, 0.25) is 0 Å². The first-order valence-corrected chi connectivity index (χ1v) is 5.23. The van der Waals surface area contributed by atoms with Crippen LogP contribution in [0, 0.1) is 5.92 Å². The van der Waals surface area contributed by atoms with Crippen LogP contribution in [0.5, 0.6) is 0 Å². The van der Waals surface area contributed by atoms with Crippen molar-refractivity contribution in [2.24, 2.45) is 5.92 Å². The third-order valence-corrected chi connectivity index (χ3v) is 2.16. The monoisotopic (exact) mass is 216 g/mol. The maximum absolute atomic E-state index is 10.2. The number of carbonyl (C=O) groups is 1. The summed E-state index contributed by atoms with van der Waals surface area (Å²) in [5.74, 6) is 0.153.